The molecule has 3 aromatic rings. The zero-order valence-corrected chi connectivity index (χ0v) is 15.3. The van der Waals surface area contributed by atoms with E-state index in [0.717, 1.165) is 10.1 Å². The number of benzene rings is 1. The van der Waals surface area contributed by atoms with Crippen molar-refractivity contribution in [2.45, 2.75) is 0 Å². The maximum atomic E-state index is 12.4. The molecule has 0 bridgehead atoms. The molecule has 0 atom stereocenters. The topological polar surface area (TPSA) is 80.3 Å². The highest BCUT2D eigenvalue weighted by Gasteiger charge is 2.16. The molecule has 8 nitrogen and oxygen atoms in total. The number of fused-ring (bicyclic) bond motifs is 1. The molecule has 8 heteroatoms. The van der Waals surface area contributed by atoms with Gasteiger partial charge in [0.2, 0.25) is 0 Å². The van der Waals surface area contributed by atoms with Crippen molar-refractivity contribution in [3.63, 3.8) is 0 Å². The van der Waals surface area contributed by atoms with Crippen LogP contribution >= 0.6 is 0 Å². The van der Waals surface area contributed by atoms with Gasteiger partial charge in [0.25, 0.3) is 5.56 Å². The zero-order chi connectivity index (χ0) is 19.0. The van der Waals surface area contributed by atoms with Gasteiger partial charge in [0, 0.05) is 26.7 Å². The average Bonchev–Trinajstić information content (AvgIpc) is 2.99. The molecular formula is C18H20N4O4. The SMILES string of the molecule is COc1cccc(/C=C/c2nc3c(c(=O)n(C)c(=O)n3C)n2C)c1OC. The van der Waals surface area contributed by atoms with Gasteiger partial charge in [0.05, 0.1) is 14.2 Å². The molecule has 0 radical (unpaired) electrons. The summed E-state index contributed by atoms with van der Waals surface area (Å²) in [5.74, 6) is 1.77. The third-order valence-corrected chi connectivity index (χ3v) is 4.36. The van der Waals surface area contributed by atoms with Crippen molar-refractivity contribution in [3.05, 3.63) is 50.4 Å². The number of methoxy groups -OCH3 is 2. The van der Waals surface area contributed by atoms with Crippen LogP contribution in [-0.2, 0) is 21.1 Å². The molecule has 0 saturated heterocycles. The van der Waals surface area contributed by atoms with Crippen LogP contribution in [0.1, 0.15) is 11.4 Å². The second-order valence-corrected chi connectivity index (χ2v) is 5.82. The first-order chi connectivity index (χ1) is 12.4. The van der Waals surface area contributed by atoms with Crippen LogP contribution in [-0.4, -0.2) is 32.9 Å². The first-order valence-electron chi connectivity index (χ1n) is 7.92. The normalized spacial score (nSPS) is 11.4. The van der Waals surface area contributed by atoms with E-state index in [0.29, 0.717) is 28.5 Å². The summed E-state index contributed by atoms with van der Waals surface area (Å²) in [6.45, 7) is 0. The van der Waals surface area contributed by atoms with Gasteiger partial charge in [-0.2, -0.15) is 0 Å². The van der Waals surface area contributed by atoms with E-state index in [1.807, 2.05) is 24.3 Å². The van der Waals surface area contributed by atoms with Crippen molar-refractivity contribution >= 4 is 23.3 Å². The highest BCUT2D eigenvalue weighted by atomic mass is 16.5. The van der Waals surface area contributed by atoms with Crippen molar-refractivity contribution in [1.82, 2.24) is 18.7 Å². The minimum Gasteiger partial charge on any atom is -0.493 e. The Balaban J connectivity index is 2.17. The lowest BCUT2D eigenvalue weighted by Gasteiger charge is -2.09. The van der Waals surface area contributed by atoms with Crippen molar-refractivity contribution < 1.29 is 9.47 Å². The van der Waals surface area contributed by atoms with Crippen molar-refractivity contribution in [2.75, 3.05) is 14.2 Å². The van der Waals surface area contributed by atoms with Crippen molar-refractivity contribution in [1.29, 1.82) is 0 Å². The summed E-state index contributed by atoms with van der Waals surface area (Å²) in [5, 5.41) is 0. The maximum Gasteiger partial charge on any atom is 0.332 e. The lowest BCUT2D eigenvalue weighted by atomic mass is 10.1. The van der Waals surface area contributed by atoms with E-state index in [4.69, 9.17) is 9.47 Å². The van der Waals surface area contributed by atoms with Gasteiger partial charge in [-0.05, 0) is 18.2 Å². The highest BCUT2D eigenvalue weighted by Crippen LogP contribution is 2.31. The molecule has 0 spiro atoms. The molecular weight excluding hydrogens is 336 g/mol. The Morgan fingerprint density at radius 3 is 2.35 bits per heavy atom. The van der Waals surface area contributed by atoms with Crippen LogP contribution in [0.15, 0.2) is 27.8 Å². The van der Waals surface area contributed by atoms with E-state index >= 15 is 0 Å². The second kappa shape index (κ2) is 6.55. The average molecular weight is 356 g/mol. The van der Waals surface area contributed by atoms with Gasteiger partial charge in [0.15, 0.2) is 22.7 Å². The first kappa shape index (κ1) is 17.5. The van der Waals surface area contributed by atoms with Gasteiger partial charge in [-0.25, -0.2) is 9.78 Å². The molecule has 0 amide bonds. The van der Waals surface area contributed by atoms with E-state index in [2.05, 4.69) is 4.98 Å². The van der Waals surface area contributed by atoms with E-state index in [9.17, 15) is 9.59 Å². The van der Waals surface area contributed by atoms with E-state index < -0.39 is 5.69 Å². The number of rotatable bonds is 4. The van der Waals surface area contributed by atoms with E-state index in [1.165, 1.54) is 11.6 Å². The van der Waals surface area contributed by atoms with Crippen LogP contribution in [0, 0.1) is 0 Å². The number of ether oxygens (including phenoxy) is 2. The lowest BCUT2D eigenvalue weighted by molar-refractivity contribution is 0.354. The summed E-state index contributed by atoms with van der Waals surface area (Å²) in [6.07, 6.45) is 3.59. The molecule has 2 heterocycles. The number of aryl methyl sites for hydroxylation is 2. The smallest absolute Gasteiger partial charge is 0.332 e. The fourth-order valence-corrected chi connectivity index (χ4v) is 2.89. The van der Waals surface area contributed by atoms with Crippen LogP contribution in [0.5, 0.6) is 11.5 Å². The minimum atomic E-state index is -0.411. The molecule has 0 aliphatic carbocycles. The lowest BCUT2D eigenvalue weighted by Crippen LogP contribution is -2.37. The third kappa shape index (κ3) is 2.59. The standard InChI is InChI=1S/C18H20N4O4/c1-20-13(10-9-11-7-6-8-12(25-4)15(11)26-5)19-16-14(20)17(23)22(3)18(24)21(16)2/h6-10H,1-5H3/b10-9+. The largest absolute Gasteiger partial charge is 0.493 e. The van der Waals surface area contributed by atoms with Crippen LogP contribution in [0.25, 0.3) is 23.3 Å². The van der Waals surface area contributed by atoms with E-state index in [-0.39, 0.29) is 5.56 Å². The molecule has 2 aromatic heterocycles. The fourth-order valence-electron chi connectivity index (χ4n) is 2.89. The molecule has 3 rings (SSSR count). The van der Waals surface area contributed by atoms with Gasteiger partial charge >= 0.3 is 5.69 Å². The maximum absolute atomic E-state index is 12.4. The van der Waals surface area contributed by atoms with Crippen molar-refractivity contribution in [3.8, 4) is 11.5 Å². The van der Waals surface area contributed by atoms with Gasteiger partial charge < -0.3 is 14.0 Å². The highest BCUT2D eigenvalue weighted by molar-refractivity contribution is 5.78. The van der Waals surface area contributed by atoms with Gasteiger partial charge in [-0.1, -0.05) is 12.1 Å². The Hall–Kier alpha value is -3.29. The number of para-hydroxylation sites is 1. The van der Waals surface area contributed by atoms with Crippen LogP contribution < -0.4 is 20.7 Å². The molecule has 136 valence electrons. The minimum absolute atomic E-state index is 0.345. The molecule has 0 aliphatic rings. The quantitative estimate of drug-likeness (QED) is 0.701. The predicted octanol–water partition coefficient (Wildman–Crippen LogP) is 1.16. The number of hydrogen-bond acceptors (Lipinski definition) is 5. The van der Waals surface area contributed by atoms with Gasteiger partial charge in [-0.15, -0.1) is 0 Å². The Morgan fingerprint density at radius 1 is 0.962 bits per heavy atom. The molecule has 0 saturated carbocycles. The number of hydrogen-bond donors (Lipinski definition) is 0. The Labute approximate surface area is 149 Å². The van der Waals surface area contributed by atoms with Crippen LogP contribution in [0.3, 0.4) is 0 Å². The Kier molecular flexibility index (Phi) is 4.41. The fraction of sp³-hybridized carbons (Fsp3) is 0.278. The second-order valence-electron chi connectivity index (χ2n) is 5.82. The molecule has 0 N–H and O–H groups in total. The Morgan fingerprint density at radius 2 is 1.69 bits per heavy atom. The Bertz CT molecular complexity index is 1130. The predicted molar refractivity (Wildman–Crippen MR) is 99.7 cm³/mol. The molecule has 1 aromatic carbocycles. The molecule has 0 fully saturated rings. The van der Waals surface area contributed by atoms with Crippen molar-refractivity contribution in [2.24, 2.45) is 21.1 Å². The summed E-state index contributed by atoms with van der Waals surface area (Å²) in [5.41, 5.74) is 0.729. The zero-order valence-electron chi connectivity index (χ0n) is 15.3. The summed E-state index contributed by atoms with van der Waals surface area (Å²) in [4.78, 5) is 28.9. The number of nitrogens with zero attached hydrogens (tertiary/aromatic N) is 4. The molecule has 0 aliphatic heterocycles. The summed E-state index contributed by atoms with van der Waals surface area (Å²) in [6, 6.07) is 5.55. The van der Waals surface area contributed by atoms with Crippen LogP contribution in [0.2, 0.25) is 0 Å². The molecule has 26 heavy (non-hydrogen) atoms. The summed E-state index contributed by atoms with van der Waals surface area (Å²) in [7, 11) is 7.93. The molecule has 0 unspecified atom stereocenters. The third-order valence-electron chi connectivity index (χ3n) is 4.36. The monoisotopic (exact) mass is 356 g/mol. The number of aromatic nitrogens is 4. The van der Waals surface area contributed by atoms with Gasteiger partial charge in [0.1, 0.15) is 5.82 Å². The van der Waals surface area contributed by atoms with E-state index in [1.54, 1.807) is 39.0 Å². The first-order valence-corrected chi connectivity index (χ1v) is 7.92. The summed E-state index contributed by atoms with van der Waals surface area (Å²) < 4.78 is 14.8. The van der Waals surface area contributed by atoms with Gasteiger partial charge in [-0.3, -0.25) is 13.9 Å². The summed E-state index contributed by atoms with van der Waals surface area (Å²) >= 11 is 0. The van der Waals surface area contributed by atoms with Crippen LogP contribution in [0.4, 0.5) is 0 Å². The number of imidazole rings is 1.